The van der Waals surface area contributed by atoms with Crippen LogP contribution in [0.3, 0.4) is 0 Å². The van der Waals surface area contributed by atoms with E-state index in [0.29, 0.717) is 0 Å². The van der Waals surface area contributed by atoms with Crippen molar-refractivity contribution < 1.29 is 9.84 Å². The van der Waals surface area contributed by atoms with Gasteiger partial charge in [0.2, 0.25) is 5.88 Å². The molecule has 0 unspecified atom stereocenters. The number of nitrogens with zero attached hydrogens (tertiary/aromatic N) is 1. The van der Waals surface area contributed by atoms with Crippen LogP contribution < -0.4 is 4.74 Å². The van der Waals surface area contributed by atoms with E-state index in [0.717, 1.165) is 22.7 Å². The van der Waals surface area contributed by atoms with E-state index in [1.54, 1.807) is 12.5 Å². The van der Waals surface area contributed by atoms with Crippen molar-refractivity contribution in [2.75, 3.05) is 7.11 Å². The molecule has 84 valence electrons. The van der Waals surface area contributed by atoms with Crippen molar-refractivity contribution in [3.63, 3.8) is 0 Å². The van der Waals surface area contributed by atoms with Crippen LogP contribution in [0.2, 0.25) is 0 Å². The van der Waals surface area contributed by atoms with Crippen molar-refractivity contribution >= 4 is 11.3 Å². The molecule has 1 aromatic heterocycles. The first-order chi connectivity index (χ1) is 7.74. The van der Waals surface area contributed by atoms with Gasteiger partial charge in [-0.05, 0) is 24.1 Å². The van der Waals surface area contributed by atoms with Crippen LogP contribution in [0.4, 0.5) is 0 Å². The standard InChI is InChI=1S/C12H13NO2S/c1-3-8-4-5-10(15-2)9(6-8)12-13-11(14)7-16-12/h4-7,14H,3H2,1-2H3. The molecule has 0 saturated carbocycles. The predicted octanol–water partition coefficient (Wildman–Crippen LogP) is 3.09. The maximum atomic E-state index is 9.26. The number of ether oxygens (including phenoxy) is 1. The summed E-state index contributed by atoms with van der Waals surface area (Å²) in [7, 11) is 1.64. The van der Waals surface area contributed by atoms with Gasteiger partial charge in [-0.3, -0.25) is 0 Å². The smallest absolute Gasteiger partial charge is 0.222 e. The van der Waals surface area contributed by atoms with Gasteiger partial charge < -0.3 is 9.84 Å². The van der Waals surface area contributed by atoms with Crippen LogP contribution in [-0.2, 0) is 6.42 Å². The molecule has 0 amide bonds. The monoisotopic (exact) mass is 235 g/mol. The molecule has 4 heteroatoms. The number of methoxy groups -OCH3 is 1. The average Bonchev–Trinajstić information content (AvgIpc) is 2.75. The van der Waals surface area contributed by atoms with Gasteiger partial charge in [0.1, 0.15) is 10.8 Å². The Labute approximate surface area is 98.4 Å². The molecule has 0 aliphatic heterocycles. The van der Waals surface area contributed by atoms with E-state index in [2.05, 4.69) is 18.0 Å². The van der Waals surface area contributed by atoms with Gasteiger partial charge in [0.25, 0.3) is 0 Å². The SMILES string of the molecule is CCc1ccc(OC)c(-c2nc(O)cs2)c1. The predicted molar refractivity (Wildman–Crippen MR) is 65.1 cm³/mol. The van der Waals surface area contributed by atoms with E-state index in [-0.39, 0.29) is 5.88 Å². The molecule has 0 aliphatic rings. The summed E-state index contributed by atoms with van der Waals surface area (Å²) in [6, 6.07) is 6.03. The van der Waals surface area contributed by atoms with Crippen LogP contribution >= 0.6 is 11.3 Å². The van der Waals surface area contributed by atoms with Crippen LogP contribution in [-0.4, -0.2) is 17.2 Å². The van der Waals surface area contributed by atoms with Crippen molar-refractivity contribution in [1.82, 2.24) is 4.98 Å². The largest absolute Gasteiger partial charge is 0.496 e. The Bertz CT molecular complexity index is 494. The molecule has 0 radical (unpaired) electrons. The molecule has 0 atom stereocenters. The number of aryl methyl sites for hydroxylation is 1. The zero-order valence-corrected chi connectivity index (χ0v) is 10.0. The normalized spacial score (nSPS) is 10.4. The van der Waals surface area contributed by atoms with Gasteiger partial charge in [0, 0.05) is 0 Å². The molecule has 2 rings (SSSR count). The Kier molecular flexibility index (Phi) is 3.10. The molecule has 0 bridgehead atoms. The number of rotatable bonds is 3. The molecule has 0 aliphatic carbocycles. The lowest BCUT2D eigenvalue weighted by molar-refractivity contribution is 0.416. The maximum Gasteiger partial charge on any atom is 0.222 e. The minimum atomic E-state index is 0.0592. The highest BCUT2D eigenvalue weighted by atomic mass is 32.1. The van der Waals surface area contributed by atoms with Crippen LogP contribution in [0, 0.1) is 0 Å². The first-order valence-electron chi connectivity index (χ1n) is 5.06. The van der Waals surface area contributed by atoms with E-state index in [9.17, 15) is 5.11 Å². The van der Waals surface area contributed by atoms with E-state index in [4.69, 9.17) is 4.74 Å². The fourth-order valence-electron chi connectivity index (χ4n) is 1.53. The Morgan fingerprint density at radius 1 is 1.44 bits per heavy atom. The average molecular weight is 235 g/mol. The molecular formula is C12H13NO2S. The molecule has 1 heterocycles. The molecule has 2 aromatic rings. The third-order valence-corrected chi connectivity index (χ3v) is 3.26. The second kappa shape index (κ2) is 4.53. The van der Waals surface area contributed by atoms with Gasteiger partial charge in [-0.1, -0.05) is 13.0 Å². The van der Waals surface area contributed by atoms with Crippen molar-refractivity contribution in [2.24, 2.45) is 0 Å². The first kappa shape index (κ1) is 11.0. The summed E-state index contributed by atoms with van der Waals surface area (Å²) in [4.78, 5) is 4.06. The summed E-state index contributed by atoms with van der Waals surface area (Å²) < 4.78 is 5.29. The zero-order valence-electron chi connectivity index (χ0n) is 9.23. The second-order valence-electron chi connectivity index (χ2n) is 3.40. The zero-order chi connectivity index (χ0) is 11.5. The third-order valence-electron chi connectivity index (χ3n) is 2.39. The van der Waals surface area contributed by atoms with E-state index >= 15 is 0 Å². The highest BCUT2D eigenvalue weighted by molar-refractivity contribution is 7.13. The Balaban J connectivity index is 2.52. The Morgan fingerprint density at radius 3 is 2.81 bits per heavy atom. The lowest BCUT2D eigenvalue weighted by Gasteiger charge is -2.07. The number of aromatic nitrogens is 1. The number of hydrogen-bond donors (Lipinski definition) is 1. The topological polar surface area (TPSA) is 42.4 Å². The van der Waals surface area contributed by atoms with Crippen LogP contribution in [0.25, 0.3) is 10.6 Å². The lowest BCUT2D eigenvalue weighted by atomic mass is 10.1. The lowest BCUT2D eigenvalue weighted by Crippen LogP contribution is -1.89. The summed E-state index contributed by atoms with van der Waals surface area (Å²) in [6.07, 6.45) is 0.967. The number of benzene rings is 1. The van der Waals surface area contributed by atoms with Gasteiger partial charge in [0.05, 0.1) is 18.1 Å². The second-order valence-corrected chi connectivity index (χ2v) is 4.26. The molecule has 16 heavy (non-hydrogen) atoms. The number of aromatic hydroxyl groups is 1. The van der Waals surface area contributed by atoms with Crippen molar-refractivity contribution in [3.8, 4) is 22.2 Å². The van der Waals surface area contributed by atoms with Gasteiger partial charge in [0.15, 0.2) is 0 Å². The highest BCUT2D eigenvalue weighted by Crippen LogP contribution is 2.34. The molecule has 0 fully saturated rings. The minimum absolute atomic E-state index is 0.0592. The molecule has 3 nitrogen and oxygen atoms in total. The van der Waals surface area contributed by atoms with Crippen molar-refractivity contribution in [3.05, 3.63) is 29.1 Å². The Morgan fingerprint density at radius 2 is 2.25 bits per heavy atom. The summed E-state index contributed by atoms with van der Waals surface area (Å²) in [5.74, 6) is 0.843. The van der Waals surface area contributed by atoms with Crippen LogP contribution in [0.15, 0.2) is 23.6 Å². The van der Waals surface area contributed by atoms with Crippen molar-refractivity contribution in [2.45, 2.75) is 13.3 Å². The summed E-state index contributed by atoms with van der Waals surface area (Å²) in [5.41, 5.74) is 2.16. The summed E-state index contributed by atoms with van der Waals surface area (Å²) >= 11 is 1.41. The summed E-state index contributed by atoms with van der Waals surface area (Å²) in [6.45, 7) is 2.10. The fraction of sp³-hybridized carbons (Fsp3) is 0.250. The van der Waals surface area contributed by atoms with Gasteiger partial charge in [-0.25, -0.2) is 4.98 Å². The third kappa shape index (κ3) is 2.02. The van der Waals surface area contributed by atoms with Gasteiger partial charge >= 0.3 is 0 Å². The minimum Gasteiger partial charge on any atom is -0.496 e. The van der Waals surface area contributed by atoms with Gasteiger partial charge in [-0.2, -0.15) is 0 Å². The van der Waals surface area contributed by atoms with E-state index in [1.807, 2.05) is 12.1 Å². The van der Waals surface area contributed by atoms with E-state index in [1.165, 1.54) is 16.9 Å². The number of hydrogen-bond acceptors (Lipinski definition) is 4. The Hall–Kier alpha value is -1.55. The van der Waals surface area contributed by atoms with Crippen molar-refractivity contribution in [1.29, 1.82) is 0 Å². The molecule has 0 spiro atoms. The first-order valence-corrected chi connectivity index (χ1v) is 5.94. The quantitative estimate of drug-likeness (QED) is 0.889. The molecular weight excluding hydrogens is 222 g/mol. The maximum absolute atomic E-state index is 9.26. The fourth-order valence-corrected chi connectivity index (χ4v) is 2.23. The highest BCUT2D eigenvalue weighted by Gasteiger charge is 2.10. The summed E-state index contributed by atoms with van der Waals surface area (Å²) in [5, 5.41) is 11.7. The van der Waals surface area contributed by atoms with Crippen LogP contribution in [0.5, 0.6) is 11.6 Å². The van der Waals surface area contributed by atoms with E-state index < -0.39 is 0 Å². The van der Waals surface area contributed by atoms with Crippen LogP contribution in [0.1, 0.15) is 12.5 Å². The molecule has 1 N–H and O–H groups in total. The number of thiazole rings is 1. The molecule has 0 saturated heterocycles. The molecule has 1 aromatic carbocycles. The van der Waals surface area contributed by atoms with Gasteiger partial charge in [-0.15, -0.1) is 11.3 Å².